The van der Waals surface area contributed by atoms with Crippen LogP contribution in [0.15, 0.2) is 42.6 Å². The molecule has 0 atom stereocenters. The monoisotopic (exact) mass is 391 g/mol. The van der Waals surface area contributed by atoms with Gasteiger partial charge in [-0.05, 0) is 25.5 Å². The maximum Gasteiger partial charge on any atom is 0.435 e. The first kappa shape index (κ1) is 19.7. The second kappa shape index (κ2) is 7.87. The van der Waals surface area contributed by atoms with Gasteiger partial charge in [-0.3, -0.25) is 14.2 Å². The molecule has 0 fully saturated rings. The Kier molecular flexibility index (Phi) is 5.53. The Morgan fingerprint density at radius 3 is 2.46 bits per heavy atom. The van der Waals surface area contributed by atoms with Gasteiger partial charge in [-0.15, -0.1) is 0 Å². The molecule has 9 heteroatoms. The van der Waals surface area contributed by atoms with Crippen molar-refractivity contribution >= 4 is 11.7 Å². The summed E-state index contributed by atoms with van der Waals surface area (Å²) >= 11 is 0. The third-order valence-electron chi connectivity index (χ3n) is 4.20. The fraction of sp³-hybridized carbons (Fsp3) is 0.316. The Hall–Kier alpha value is -3.10. The third kappa shape index (κ3) is 4.99. The van der Waals surface area contributed by atoms with Crippen LogP contribution in [0.25, 0.3) is 0 Å². The molecule has 1 N–H and O–H groups in total. The molecule has 1 aromatic carbocycles. The van der Waals surface area contributed by atoms with E-state index in [0.717, 1.165) is 11.6 Å². The number of benzene rings is 1. The average Bonchev–Trinajstić information content (AvgIpc) is 3.21. The van der Waals surface area contributed by atoms with E-state index in [1.165, 1.54) is 17.2 Å². The van der Waals surface area contributed by atoms with Crippen LogP contribution in [0.4, 0.5) is 19.0 Å². The number of carbonyl (C=O) groups excluding carboxylic acids is 1. The minimum absolute atomic E-state index is 0.00929. The summed E-state index contributed by atoms with van der Waals surface area (Å²) in [5.74, 6) is 0.0503. The lowest BCUT2D eigenvalue weighted by Gasteiger charge is -2.05. The largest absolute Gasteiger partial charge is 0.435 e. The Morgan fingerprint density at radius 2 is 1.82 bits per heavy atom. The Morgan fingerprint density at radius 1 is 1.11 bits per heavy atom. The van der Waals surface area contributed by atoms with E-state index in [1.54, 1.807) is 16.9 Å². The van der Waals surface area contributed by atoms with Crippen LogP contribution in [0.3, 0.4) is 0 Å². The maximum absolute atomic E-state index is 12.7. The van der Waals surface area contributed by atoms with Crippen LogP contribution in [-0.2, 0) is 24.1 Å². The van der Waals surface area contributed by atoms with Crippen molar-refractivity contribution in [3.8, 4) is 0 Å². The number of aromatic nitrogens is 4. The van der Waals surface area contributed by atoms with Gasteiger partial charge in [0.25, 0.3) is 0 Å². The summed E-state index contributed by atoms with van der Waals surface area (Å²) in [6.07, 6.45) is -2.75. The van der Waals surface area contributed by atoms with Gasteiger partial charge in [0.1, 0.15) is 0 Å². The van der Waals surface area contributed by atoms with Gasteiger partial charge < -0.3 is 5.32 Å². The Balaban J connectivity index is 1.53. The molecule has 0 unspecified atom stereocenters. The zero-order chi connectivity index (χ0) is 20.3. The van der Waals surface area contributed by atoms with E-state index < -0.39 is 11.9 Å². The Labute approximate surface area is 160 Å². The predicted octanol–water partition coefficient (Wildman–Crippen LogP) is 3.79. The average molecular weight is 391 g/mol. The normalized spacial score (nSPS) is 11.6. The number of amides is 1. The van der Waals surface area contributed by atoms with Gasteiger partial charge in [0.2, 0.25) is 5.91 Å². The fourth-order valence-corrected chi connectivity index (χ4v) is 2.68. The summed E-state index contributed by atoms with van der Waals surface area (Å²) in [4.78, 5) is 12.1. The molecular formula is C19H20F3N5O. The summed E-state index contributed by atoms with van der Waals surface area (Å²) < 4.78 is 40.9. The van der Waals surface area contributed by atoms with Crippen LogP contribution in [0.5, 0.6) is 0 Å². The summed E-state index contributed by atoms with van der Waals surface area (Å²) in [6.45, 7) is 4.16. The molecule has 0 aliphatic heterocycles. The van der Waals surface area contributed by atoms with Gasteiger partial charge in [0, 0.05) is 30.9 Å². The summed E-state index contributed by atoms with van der Waals surface area (Å²) in [6, 6.07) is 10.7. The highest BCUT2D eigenvalue weighted by Crippen LogP contribution is 2.28. The van der Waals surface area contributed by atoms with Gasteiger partial charge in [-0.25, -0.2) is 0 Å². The van der Waals surface area contributed by atoms with Crippen LogP contribution in [0, 0.1) is 13.8 Å². The first-order valence-electron chi connectivity index (χ1n) is 8.71. The van der Waals surface area contributed by atoms with Crippen LogP contribution >= 0.6 is 0 Å². The van der Waals surface area contributed by atoms with E-state index >= 15 is 0 Å². The number of anilines is 1. The lowest BCUT2D eigenvalue weighted by atomic mass is 10.1. The molecule has 2 heterocycles. The number of aryl methyl sites for hydroxylation is 3. The summed E-state index contributed by atoms with van der Waals surface area (Å²) in [5.41, 5.74) is 1.65. The van der Waals surface area contributed by atoms with Crippen LogP contribution in [0.2, 0.25) is 0 Å². The molecule has 148 valence electrons. The standard InChI is InChI=1S/C19H20F3N5O/c1-13-3-5-15(6-4-13)12-26-9-7-17(25-26)23-18(28)8-10-27-14(2)11-16(24-27)19(20,21)22/h3-7,9,11H,8,10,12H2,1-2H3,(H,23,25,28). The van der Waals surface area contributed by atoms with E-state index in [2.05, 4.69) is 15.5 Å². The zero-order valence-electron chi connectivity index (χ0n) is 15.5. The first-order chi connectivity index (χ1) is 13.2. The molecule has 0 radical (unpaired) electrons. The van der Waals surface area contributed by atoms with E-state index in [4.69, 9.17) is 0 Å². The van der Waals surface area contributed by atoms with E-state index in [1.807, 2.05) is 31.2 Å². The molecule has 0 bridgehead atoms. The number of hydrogen-bond donors (Lipinski definition) is 1. The highest BCUT2D eigenvalue weighted by molar-refractivity contribution is 5.89. The molecule has 0 saturated heterocycles. The van der Waals surface area contributed by atoms with Crippen molar-refractivity contribution in [2.75, 3.05) is 5.32 Å². The Bertz CT molecular complexity index is 957. The highest BCUT2D eigenvalue weighted by Gasteiger charge is 2.34. The molecule has 6 nitrogen and oxygen atoms in total. The number of alkyl halides is 3. The van der Waals surface area contributed by atoms with Crippen molar-refractivity contribution in [1.82, 2.24) is 19.6 Å². The number of halogens is 3. The van der Waals surface area contributed by atoms with E-state index in [0.29, 0.717) is 18.1 Å². The molecule has 0 saturated carbocycles. The molecule has 3 rings (SSSR count). The second-order valence-electron chi connectivity index (χ2n) is 6.57. The van der Waals surface area contributed by atoms with Crippen molar-refractivity contribution in [3.63, 3.8) is 0 Å². The summed E-state index contributed by atoms with van der Waals surface area (Å²) in [7, 11) is 0. The quantitative estimate of drug-likeness (QED) is 0.695. The molecule has 3 aromatic rings. The number of hydrogen-bond acceptors (Lipinski definition) is 3. The van der Waals surface area contributed by atoms with Crippen molar-refractivity contribution in [2.45, 2.75) is 39.5 Å². The zero-order valence-corrected chi connectivity index (χ0v) is 15.5. The minimum Gasteiger partial charge on any atom is -0.309 e. The van der Waals surface area contributed by atoms with Gasteiger partial charge in [-0.2, -0.15) is 23.4 Å². The topological polar surface area (TPSA) is 64.7 Å². The predicted molar refractivity (Wildman–Crippen MR) is 97.7 cm³/mol. The van der Waals surface area contributed by atoms with Gasteiger partial charge in [0.15, 0.2) is 11.5 Å². The van der Waals surface area contributed by atoms with Crippen molar-refractivity contribution < 1.29 is 18.0 Å². The highest BCUT2D eigenvalue weighted by atomic mass is 19.4. The number of nitrogens with one attached hydrogen (secondary N) is 1. The molecule has 1 amide bonds. The van der Waals surface area contributed by atoms with E-state index in [9.17, 15) is 18.0 Å². The fourth-order valence-electron chi connectivity index (χ4n) is 2.68. The van der Waals surface area contributed by atoms with Crippen LogP contribution in [0.1, 0.15) is 28.9 Å². The molecule has 0 aliphatic carbocycles. The number of rotatable bonds is 6. The molecule has 2 aromatic heterocycles. The van der Waals surface area contributed by atoms with Crippen molar-refractivity contribution in [1.29, 1.82) is 0 Å². The number of nitrogens with zero attached hydrogens (tertiary/aromatic N) is 4. The molecule has 0 spiro atoms. The van der Waals surface area contributed by atoms with E-state index in [-0.39, 0.29) is 18.9 Å². The van der Waals surface area contributed by atoms with Gasteiger partial charge >= 0.3 is 6.18 Å². The van der Waals surface area contributed by atoms with Gasteiger partial charge in [0.05, 0.1) is 6.54 Å². The van der Waals surface area contributed by atoms with Crippen LogP contribution < -0.4 is 5.32 Å². The van der Waals surface area contributed by atoms with Crippen molar-refractivity contribution in [2.24, 2.45) is 0 Å². The van der Waals surface area contributed by atoms with Crippen LogP contribution in [-0.4, -0.2) is 25.5 Å². The molecular weight excluding hydrogens is 371 g/mol. The SMILES string of the molecule is Cc1ccc(Cn2ccc(NC(=O)CCn3nc(C(F)(F)F)cc3C)n2)cc1. The van der Waals surface area contributed by atoms with Gasteiger partial charge in [-0.1, -0.05) is 29.8 Å². The van der Waals surface area contributed by atoms with Crippen molar-refractivity contribution in [3.05, 3.63) is 65.1 Å². The second-order valence-corrected chi connectivity index (χ2v) is 6.57. The number of carbonyl (C=O) groups is 1. The molecule has 0 aliphatic rings. The lowest BCUT2D eigenvalue weighted by molar-refractivity contribution is -0.141. The molecule has 28 heavy (non-hydrogen) atoms. The lowest BCUT2D eigenvalue weighted by Crippen LogP contribution is -2.16. The minimum atomic E-state index is -4.50. The first-order valence-corrected chi connectivity index (χ1v) is 8.71. The summed E-state index contributed by atoms with van der Waals surface area (Å²) in [5, 5.41) is 10.4. The third-order valence-corrected chi connectivity index (χ3v) is 4.20. The maximum atomic E-state index is 12.7. The smallest absolute Gasteiger partial charge is 0.309 e.